The number of rotatable bonds is 6. The smallest absolute Gasteiger partial charge is 0.319 e. The minimum atomic E-state index is -0.218. The molecule has 2 aromatic carbocycles. The predicted octanol–water partition coefficient (Wildman–Crippen LogP) is 4.07. The van der Waals surface area contributed by atoms with E-state index in [1.54, 1.807) is 0 Å². The zero-order valence-corrected chi connectivity index (χ0v) is 14.0. The third-order valence-electron chi connectivity index (χ3n) is 3.63. The molecule has 4 heteroatoms. The van der Waals surface area contributed by atoms with Crippen molar-refractivity contribution in [1.82, 2.24) is 5.32 Å². The molecule has 122 valence electrons. The summed E-state index contributed by atoms with van der Waals surface area (Å²) in [5, 5.41) is 5.66. The molecule has 0 atom stereocenters. The highest BCUT2D eigenvalue weighted by molar-refractivity contribution is 5.90. The lowest BCUT2D eigenvalue weighted by Crippen LogP contribution is -2.32. The second-order valence-corrected chi connectivity index (χ2v) is 5.51. The van der Waals surface area contributed by atoms with Gasteiger partial charge in [0.1, 0.15) is 12.4 Å². The van der Waals surface area contributed by atoms with Gasteiger partial charge >= 0.3 is 6.03 Å². The molecule has 2 aromatic rings. The molecule has 0 aliphatic rings. The maximum atomic E-state index is 11.9. The Bertz CT molecular complexity index is 668. The SMILES string of the molecule is CCc1ccccc1OCCNC(=O)Nc1ccc(C)cc1C. The molecule has 0 bridgehead atoms. The van der Waals surface area contributed by atoms with Crippen molar-refractivity contribution in [2.45, 2.75) is 27.2 Å². The van der Waals surface area contributed by atoms with Gasteiger partial charge in [0.05, 0.1) is 6.54 Å². The average Bonchev–Trinajstić information content (AvgIpc) is 2.54. The minimum absolute atomic E-state index is 0.218. The standard InChI is InChI=1S/C19H24N2O2/c1-4-16-7-5-6-8-18(16)23-12-11-20-19(22)21-17-10-9-14(2)13-15(17)3/h5-10,13H,4,11-12H2,1-3H3,(H2,20,21,22). The number of amides is 2. The maximum Gasteiger partial charge on any atom is 0.319 e. The van der Waals surface area contributed by atoms with Gasteiger partial charge in [-0.3, -0.25) is 0 Å². The first-order valence-corrected chi connectivity index (χ1v) is 7.93. The summed E-state index contributed by atoms with van der Waals surface area (Å²) < 4.78 is 5.73. The highest BCUT2D eigenvalue weighted by Crippen LogP contribution is 2.18. The monoisotopic (exact) mass is 312 g/mol. The molecule has 2 rings (SSSR count). The summed E-state index contributed by atoms with van der Waals surface area (Å²) in [5.41, 5.74) is 4.22. The Labute approximate surface area is 137 Å². The molecular formula is C19H24N2O2. The van der Waals surface area contributed by atoms with Crippen molar-refractivity contribution in [3.05, 3.63) is 59.2 Å². The summed E-state index contributed by atoms with van der Waals surface area (Å²) in [7, 11) is 0. The van der Waals surface area contributed by atoms with Crippen LogP contribution in [0.4, 0.5) is 10.5 Å². The van der Waals surface area contributed by atoms with Crippen LogP contribution in [0.1, 0.15) is 23.6 Å². The number of benzene rings is 2. The van der Waals surface area contributed by atoms with Crippen LogP contribution in [0.5, 0.6) is 5.75 Å². The summed E-state index contributed by atoms with van der Waals surface area (Å²) in [6.45, 7) is 7.00. The molecule has 0 aromatic heterocycles. The van der Waals surface area contributed by atoms with Crippen LogP contribution in [0.2, 0.25) is 0 Å². The number of carbonyl (C=O) groups is 1. The fourth-order valence-corrected chi connectivity index (χ4v) is 2.38. The minimum Gasteiger partial charge on any atom is -0.491 e. The second kappa shape index (κ2) is 8.22. The largest absolute Gasteiger partial charge is 0.491 e. The highest BCUT2D eigenvalue weighted by atomic mass is 16.5. The van der Waals surface area contributed by atoms with Crippen molar-refractivity contribution in [3.63, 3.8) is 0 Å². The average molecular weight is 312 g/mol. The first-order valence-electron chi connectivity index (χ1n) is 7.93. The van der Waals surface area contributed by atoms with E-state index in [1.807, 2.05) is 50.2 Å². The number of urea groups is 1. The third-order valence-corrected chi connectivity index (χ3v) is 3.63. The molecule has 0 fully saturated rings. The molecule has 2 amide bonds. The van der Waals surface area contributed by atoms with E-state index in [1.165, 1.54) is 11.1 Å². The van der Waals surface area contributed by atoms with E-state index in [9.17, 15) is 4.79 Å². The predicted molar refractivity (Wildman–Crippen MR) is 94.3 cm³/mol. The van der Waals surface area contributed by atoms with Crippen LogP contribution < -0.4 is 15.4 Å². The van der Waals surface area contributed by atoms with Gasteiger partial charge in [-0.05, 0) is 43.5 Å². The molecule has 23 heavy (non-hydrogen) atoms. The fourth-order valence-electron chi connectivity index (χ4n) is 2.38. The van der Waals surface area contributed by atoms with Crippen molar-refractivity contribution in [2.24, 2.45) is 0 Å². The molecule has 0 saturated carbocycles. The van der Waals surface area contributed by atoms with E-state index in [4.69, 9.17) is 4.74 Å². The topological polar surface area (TPSA) is 50.4 Å². The van der Waals surface area contributed by atoms with Gasteiger partial charge in [0, 0.05) is 5.69 Å². The van der Waals surface area contributed by atoms with Crippen LogP contribution in [0.25, 0.3) is 0 Å². The Morgan fingerprint density at radius 3 is 2.65 bits per heavy atom. The molecule has 0 spiro atoms. The van der Waals surface area contributed by atoms with E-state index in [2.05, 4.69) is 23.6 Å². The molecular weight excluding hydrogens is 288 g/mol. The van der Waals surface area contributed by atoms with E-state index in [0.29, 0.717) is 13.2 Å². The van der Waals surface area contributed by atoms with Crippen molar-refractivity contribution >= 4 is 11.7 Å². The third kappa shape index (κ3) is 5.02. The Morgan fingerprint density at radius 1 is 1.13 bits per heavy atom. The van der Waals surface area contributed by atoms with Gasteiger partial charge in [-0.1, -0.05) is 42.8 Å². The lowest BCUT2D eigenvalue weighted by atomic mass is 10.1. The molecule has 0 saturated heterocycles. The molecule has 0 radical (unpaired) electrons. The number of hydrogen-bond acceptors (Lipinski definition) is 2. The Kier molecular flexibility index (Phi) is 6.03. The summed E-state index contributed by atoms with van der Waals surface area (Å²) in [6.07, 6.45) is 0.927. The number of para-hydroxylation sites is 1. The van der Waals surface area contributed by atoms with Gasteiger partial charge in [0.25, 0.3) is 0 Å². The summed E-state index contributed by atoms with van der Waals surface area (Å²) in [5.74, 6) is 0.881. The molecule has 4 nitrogen and oxygen atoms in total. The van der Waals surface area contributed by atoms with Crippen LogP contribution in [-0.2, 0) is 6.42 Å². The number of hydrogen-bond donors (Lipinski definition) is 2. The van der Waals surface area contributed by atoms with E-state index < -0.39 is 0 Å². The van der Waals surface area contributed by atoms with Gasteiger partial charge in [0.15, 0.2) is 0 Å². The number of nitrogens with one attached hydrogen (secondary N) is 2. The van der Waals surface area contributed by atoms with E-state index in [-0.39, 0.29) is 6.03 Å². The van der Waals surface area contributed by atoms with Crippen molar-refractivity contribution < 1.29 is 9.53 Å². The lowest BCUT2D eigenvalue weighted by Gasteiger charge is -2.12. The number of ether oxygens (including phenoxy) is 1. The summed E-state index contributed by atoms with van der Waals surface area (Å²) in [4.78, 5) is 11.9. The zero-order chi connectivity index (χ0) is 16.7. The summed E-state index contributed by atoms with van der Waals surface area (Å²) >= 11 is 0. The van der Waals surface area contributed by atoms with Gasteiger partial charge < -0.3 is 15.4 Å². The molecule has 0 aliphatic carbocycles. The van der Waals surface area contributed by atoms with Crippen LogP contribution in [0.3, 0.4) is 0 Å². The van der Waals surface area contributed by atoms with Gasteiger partial charge in [0.2, 0.25) is 0 Å². The Balaban J connectivity index is 1.76. The summed E-state index contributed by atoms with van der Waals surface area (Å²) in [6, 6.07) is 13.7. The first kappa shape index (κ1) is 16.9. The molecule has 0 heterocycles. The lowest BCUT2D eigenvalue weighted by molar-refractivity contribution is 0.247. The molecule has 0 unspecified atom stereocenters. The normalized spacial score (nSPS) is 10.2. The van der Waals surface area contributed by atoms with Gasteiger partial charge in [-0.2, -0.15) is 0 Å². The maximum absolute atomic E-state index is 11.9. The second-order valence-electron chi connectivity index (χ2n) is 5.51. The Morgan fingerprint density at radius 2 is 1.91 bits per heavy atom. The van der Waals surface area contributed by atoms with Crippen LogP contribution in [0.15, 0.2) is 42.5 Å². The molecule has 0 aliphatic heterocycles. The van der Waals surface area contributed by atoms with Crippen LogP contribution in [0, 0.1) is 13.8 Å². The van der Waals surface area contributed by atoms with E-state index in [0.717, 1.165) is 23.4 Å². The van der Waals surface area contributed by atoms with Crippen molar-refractivity contribution in [1.29, 1.82) is 0 Å². The number of carbonyl (C=O) groups excluding carboxylic acids is 1. The Hall–Kier alpha value is -2.49. The fraction of sp³-hybridized carbons (Fsp3) is 0.316. The van der Waals surface area contributed by atoms with Gasteiger partial charge in [-0.15, -0.1) is 0 Å². The molecule has 2 N–H and O–H groups in total. The number of aryl methyl sites for hydroxylation is 3. The zero-order valence-electron chi connectivity index (χ0n) is 14.0. The first-order chi connectivity index (χ1) is 11.1. The van der Waals surface area contributed by atoms with Crippen LogP contribution in [-0.4, -0.2) is 19.2 Å². The van der Waals surface area contributed by atoms with Crippen molar-refractivity contribution in [2.75, 3.05) is 18.5 Å². The quantitative estimate of drug-likeness (QED) is 0.790. The van der Waals surface area contributed by atoms with E-state index >= 15 is 0 Å². The van der Waals surface area contributed by atoms with Crippen LogP contribution >= 0.6 is 0 Å². The van der Waals surface area contributed by atoms with Crippen molar-refractivity contribution in [3.8, 4) is 5.75 Å². The highest BCUT2D eigenvalue weighted by Gasteiger charge is 2.05. The van der Waals surface area contributed by atoms with Gasteiger partial charge in [-0.25, -0.2) is 4.79 Å². The number of anilines is 1.